The van der Waals surface area contributed by atoms with Gasteiger partial charge in [0.2, 0.25) is 0 Å². The number of fused-ring (bicyclic) bond motifs is 1. The van der Waals surface area contributed by atoms with E-state index in [9.17, 15) is 19.7 Å². The van der Waals surface area contributed by atoms with E-state index in [1.807, 2.05) is 0 Å². The van der Waals surface area contributed by atoms with E-state index >= 15 is 0 Å². The maximum atomic E-state index is 12.4. The molecule has 0 atom stereocenters. The number of nitrogens with zero attached hydrogens (tertiary/aromatic N) is 1. The molecule has 0 aliphatic carbocycles. The van der Waals surface area contributed by atoms with E-state index in [1.54, 1.807) is 12.1 Å². The molecule has 0 saturated heterocycles. The summed E-state index contributed by atoms with van der Waals surface area (Å²) in [6.45, 7) is -0.119. The Kier molecular flexibility index (Phi) is 4.21. The molecule has 2 aromatic rings. The molecule has 0 spiro atoms. The second-order valence-electron chi connectivity index (χ2n) is 5.14. The summed E-state index contributed by atoms with van der Waals surface area (Å²) in [5.41, 5.74) is 0.398. The minimum absolute atomic E-state index is 0.119. The van der Waals surface area contributed by atoms with Gasteiger partial charge in [0.15, 0.2) is 6.61 Å². The van der Waals surface area contributed by atoms with Crippen LogP contribution in [0.1, 0.15) is 10.4 Å². The number of nitrogens with one attached hydrogen (secondary N) is 2. The third-order valence-corrected chi connectivity index (χ3v) is 3.52. The molecular formula is C16H13N3O6. The third kappa shape index (κ3) is 3.34. The number of benzene rings is 2. The van der Waals surface area contributed by atoms with Gasteiger partial charge in [-0.15, -0.1) is 0 Å². The Bertz CT molecular complexity index is 880. The minimum Gasteiger partial charge on any atom is -0.497 e. The molecule has 25 heavy (non-hydrogen) atoms. The van der Waals surface area contributed by atoms with Gasteiger partial charge in [0.25, 0.3) is 17.5 Å². The first kappa shape index (κ1) is 16.2. The molecule has 1 aliphatic rings. The fraction of sp³-hybridized carbons (Fsp3) is 0.125. The van der Waals surface area contributed by atoms with Gasteiger partial charge in [0.05, 0.1) is 17.7 Å². The van der Waals surface area contributed by atoms with Crippen LogP contribution in [0.15, 0.2) is 36.4 Å². The molecule has 1 heterocycles. The average Bonchev–Trinajstić information content (AvgIpc) is 2.61. The molecule has 2 aromatic carbocycles. The maximum Gasteiger partial charge on any atom is 0.282 e. The summed E-state index contributed by atoms with van der Waals surface area (Å²) in [6, 6.07) is 8.56. The lowest BCUT2D eigenvalue weighted by Crippen LogP contribution is -2.25. The first-order chi connectivity index (χ1) is 12.0. The van der Waals surface area contributed by atoms with Crippen molar-refractivity contribution in [2.45, 2.75) is 0 Å². The molecule has 0 saturated carbocycles. The van der Waals surface area contributed by atoms with E-state index in [2.05, 4.69) is 10.6 Å². The summed E-state index contributed by atoms with van der Waals surface area (Å²) in [7, 11) is 1.40. The van der Waals surface area contributed by atoms with Gasteiger partial charge in [-0.25, -0.2) is 0 Å². The molecular weight excluding hydrogens is 330 g/mol. The second kappa shape index (κ2) is 6.48. The highest BCUT2D eigenvalue weighted by atomic mass is 16.6. The number of hydrogen-bond donors (Lipinski definition) is 2. The number of carbonyl (C=O) groups is 2. The molecule has 0 radical (unpaired) electrons. The number of anilines is 2. The van der Waals surface area contributed by atoms with Crippen molar-refractivity contribution < 1.29 is 24.0 Å². The van der Waals surface area contributed by atoms with Crippen LogP contribution in [0.5, 0.6) is 11.5 Å². The number of methoxy groups -OCH3 is 1. The summed E-state index contributed by atoms with van der Waals surface area (Å²) < 4.78 is 10.3. The topological polar surface area (TPSA) is 120 Å². The number of hydrogen-bond acceptors (Lipinski definition) is 6. The van der Waals surface area contributed by atoms with E-state index in [1.165, 1.54) is 31.4 Å². The lowest BCUT2D eigenvalue weighted by atomic mass is 10.1. The Morgan fingerprint density at radius 2 is 2.12 bits per heavy atom. The van der Waals surface area contributed by atoms with E-state index in [4.69, 9.17) is 9.47 Å². The zero-order valence-corrected chi connectivity index (χ0v) is 13.1. The SMILES string of the molecule is COc1ccc([N+](=O)[O-])c(C(=O)Nc2ccc3c(c2)OCC(=O)N3)c1. The van der Waals surface area contributed by atoms with Crippen LogP contribution in [0.2, 0.25) is 0 Å². The summed E-state index contributed by atoms with van der Waals surface area (Å²) in [5, 5.41) is 16.3. The molecule has 2 amide bonds. The van der Waals surface area contributed by atoms with Crippen molar-refractivity contribution in [1.29, 1.82) is 0 Å². The zero-order valence-electron chi connectivity index (χ0n) is 13.1. The van der Waals surface area contributed by atoms with Crippen LogP contribution in [0.25, 0.3) is 0 Å². The van der Waals surface area contributed by atoms with E-state index < -0.39 is 10.8 Å². The molecule has 0 unspecified atom stereocenters. The van der Waals surface area contributed by atoms with Crippen molar-refractivity contribution in [2.75, 3.05) is 24.4 Å². The van der Waals surface area contributed by atoms with Gasteiger partial charge >= 0.3 is 0 Å². The maximum absolute atomic E-state index is 12.4. The molecule has 1 aliphatic heterocycles. The second-order valence-corrected chi connectivity index (χ2v) is 5.14. The molecule has 0 aromatic heterocycles. The summed E-state index contributed by atoms with van der Waals surface area (Å²) >= 11 is 0. The van der Waals surface area contributed by atoms with Crippen molar-refractivity contribution in [3.05, 3.63) is 52.1 Å². The Balaban J connectivity index is 1.88. The largest absolute Gasteiger partial charge is 0.497 e. The van der Waals surface area contributed by atoms with Gasteiger partial charge in [-0.3, -0.25) is 19.7 Å². The molecule has 0 bridgehead atoms. The minimum atomic E-state index is -0.662. The highest BCUT2D eigenvalue weighted by molar-refractivity contribution is 6.07. The number of rotatable bonds is 4. The molecule has 9 heteroatoms. The van der Waals surface area contributed by atoms with Crippen molar-refractivity contribution in [1.82, 2.24) is 0 Å². The highest BCUT2D eigenvalue weighted by Crippen LogP contribution is 2.31. The van der Waals surface area contributed by atoms with Gasteiger partial charge in [0.1, 0.15) is 17.1 Å². The van der Waals surface area contributed by atoms with Crippen LogP contribution < -0.4 is 20.1 Å². The normalized spacial score (nSPS) is 12.4. The number of carbonyl (C=O) groups excluding carboxylic acids is 2. The van der Waals surface area contributed by atoms with Gasteiger partial charge < -0.3 is 20.1 Å². The molecule has 128 valence electrons. The lowest BCUT2D eigenvalue weighted by molar-refractivity contribution is -0.385. The van der Waals surface area contributed by atoms with Crippen molar-refractivity contribution in [2.24, 2.45) is 0 Å². The lowest BCUT2D eigenvalue weighted by Gasteiger charge is -2.18. The van der Waals surface area contributed by atoms with Gasteiger partial charge in [-0.1, -0.05) is 0 Å². The fourth-order valence-corrected chi connectivity index (χ4v) is 2.33. The van der Waals surface area contributed by atoms with Crippen LogP contribution in [-0.4, -0.2) is 30.5 Å². The van der Waals surface area contributed by atoms with Crippen molar-refractivity contribution in [3.63, 3.8) is 0 Å². The van der Waals surface area contributed by atoms with Crippen molar-refractivity contribution >= 4 is 28.9 Å². The highest BCUT2D eigenvalue weighted by Gasteiger charge is 2.22. The van der Waals surface area contributed by atoms with E-state index in [-0.39, 0.29) is 23.8 Å². The smallest absolute Gasteiger partial charge is 0.282 e. The van der Waals surface area contributed by atoms with Crippen LogP contribution in [0, 0.1) is 10.1 Å². The van der Waals surface area contributed by atoms with E-state index in [0.29, 0.717) is 22.9 Å². The first-order valence-corrected chi connectivity index (χ1v) is 7.18. The number of ether oxygens (including phenoxy) is 2. The molecule has 0 fully saturated rings. The Labute approximate surface area is 141 Å². The van der Waals surface area contributed by atoms with Crippen LogP contribution in [0.3, 0.4) is 0 Å². The predicted molar refractivity (Wildman–Crippen MR) is 88.2 cm³/mol. The summed E-state index contributed by atoms with van der Waals surface area (Å²) in [5.74, 6) is -0.202. The molecule has 3 rings (SSSR count). The van der Waals surface area contributed by atoms with E-state index in [0.717, 1.165) is 0 Å². The molecule has 9 nitrogen and oxygen atoms in total. The van der Waals surface area contributed by atoms with Crippen LogP contribution in [-0.2, 0) is 4.79 Å². The van der Waals surface area contributed by atoms with Gasteiger partial charge in [-0.2, -0.15) is 0 Å². The third-order valence-electron chi connectivity index (χ3n) is 3.52. The predicted octanol–water partition coefficient (Wildman–Crippen LogP) is 2.19. The summed E-state index contributed by atoms with van der Waals surface area (Å²) in [4.78, 5) is 34.2. The number of nitro groups is 1. The summed E-state index contributed by atoms with van der Waals surface area (Å²) in [6.07, 6.45) is 0. The number of amides is 2. The average molecular weight is 343 g/mol. The first-order valence-electron chi connectivity index (χ1n) is 7.18. The Hall–Kier alpha value is -3.62. The van der Waals surface area contributed by atoms with Crippen LogP contribution >= 0.6 is 0 Å². The van der Waals surface area contributed by atoms with Crippen molar-refractivity contribution in [3.8, 4) is 11.5 Å². The molecule has 2 N–H and O–H groups in total. The fourth-order valence-electron chi connectivity index (χ4n) is 2.33. The van der Waals surface area contributed by atoms with Gasteiger partial charge in [0, 0.05) is 17.8 Å². The Morgan fingerprint density at radius 1 is 1.32 bits per heavy atom. The van der Waals surface area contributed by atoms with Crippen LogP contribution in [0.4, 0.5) is 17.1 Å². The monoisotopic (exact) mass is 343 g/mol. The standard InChI is InChI=1S/C16H13N3O6/c1-24-10-3-5-13(19(22)23)11(7-10)16(21)17-9-2-4-12-14(6-9)25-8-15(20)18-12/h2-7H,8H2,1H3,(H,17,21)(H,18,20). The zero-order chi connectivity index (χ0) is 18.0. The van der Waals surface area contributed by atoms with Gasteiger partial charge in [-0.05, 0) is 24.3 Å². The quantitative estimate of drug-likeness (QED) is 0.648. The number of nitro benzene ring substituents is 1. The Morgan fingerprint density at radius 3 is 2.84 bits per heavy atom.